The maximum atomic E-state index is 15.7. The minimum absolute atomic E-state index is 0.0526. The predicted molar refractivity (Wildman–Crippen MR) is 303 cm³/mol. The summed E-state index contributed by atoms with van der Waals surface area (Å²) in [4.78, 5) is 100. The maximum absolute atomic E-state index is 15.7. The van der Waals surface area contributed by atoms with E-state index in [4.69, 9.17) is 63.1 Å². The van der Waals surface area contributed by atoms with Crippen LogP contribution in [0.5, 0.6) is 40.2 Å². The van der Waals surface area contributed by atoms with Crippen LogP contribution in [0.15, 0.2) is 84.9 Å². The minimum Gasteiger partial charge on any atom is -0.507 e. The molecule has 0 spiro atoms. The molecular weight excluding hydrogens is 1220 g/mol. The van der Waals surface area contributed by atoms with Gasteiger partial charge in [0.1, 0.15) is 83.7 Å². The summed E-state index contributed by atoms with van der Waals surface area (Å²) in [6.07, 6.45) is -16.7. The molecule has 89 heavy (non-hydrogen) atoms. The largest absolute Gasteiger partial charge is 0.507 e. The van der Waals surface area contributed by atoms with Crippen molar-refractivity contribution in [2.45, 2.75) is 124 Å². The summed E-state index contributed by atoms with van der Waals surface area (Å²) in [5.41, 5.74) is 9.85. The van der Waals surface area contributed by atoms with E-state index in [9.17, 15) is 69.9 Å². The van der Waals surface area contributed by atoms with E-state index >= 15 is 9.59 Å². The average Bonchev–Trinajstić information content (AvgIpc) is 0.906. The number of aliphatic hydroxyl groups excluding tert-OH is 6. The zero-order chi connectivity index (χ0) is 64.0. The van der Waals surface area contributed by atoms with Crippen molar-refractivity contribution in [1.29, 1.82) is 0 Å². The van der Waals surface area contributed by atoms with Gasteiger partial charge in [0.05, 0.1) is 35.3 Å². The number of rotatable bonds is 8. The highest BCUT2D eigenvalue weighted by Crippen LogP contribution is 2.49. The third-order valence-corrected chi connectivity index (χ3v) is 16.2. The van der Waals surface area contributed by atoms with Gasteiger partial charge in [0.15, 0.2) is 29.9 Å². The van der Waals surface area contributed by atoms with Crippen LogP contribution in [0.25, 0.3) is 11.1 Å². The first kappa shape index (κ1) is 63.6. The number of carboxylic acid groups (broad SMARTS) is 1. The molecule has 31 heteroatoms. The van der Waals surface area contributed by atoms with Crippen LogP contribution < -0.4 is 52.3 Å². The molecule has 2 fully saturated rings. The number of halogens is 2. The molecular formula is C58H59Cl2N7O22. The number of amides is 6. The first-order valence-corrected chi connectivity index (χ1v) is 28.3. The number of primary amides is 1. The molecule has 7 heterocycles. The molecule has 7 aliphatic rings. The van der Waals surface area contributed by atoms with Crippen molar-refractivity contribution in [3.63, 3.8) is 0 Å². The third kappa shape index (κ3) is 13.0. The van der Waals surface area contributed by atoms with E-state index in [0.717, 1.165) is 54.6 Å². The number of carbonyl (C=O) groups excluding carboxylic acids is 6. The summed E-state index contributed by atoms with van der Waals surface area (Å²) in [6, 6.07) is 3.58. The van der Waals surface area contributed by atoms with Crippen LogP contribution in [0, 0.1) is 0 Å². The van der Waals surface area contributed by atoms with Crippen LogP contribution in [-0.2, 0) is 47.8 Å². The first-order chi connectivity index (χ1) is 42.3. The Bertz CT molecular complexity index is 3640. The molecule has 0 saturated carbocycles. The van der Waals surface area contributed by atoms with Gasteiger partial charge < -0.3 is 112 Å². The van der Waals surface area contributed by atoms with Gasteiger partial charge in [-0.1, -0.05) is 53.5 Å². The molecule has 2 saturated heterocycles. The SMILES string of the molecule is CC1OC(OC2C(Oc3c4cc5cc3Oc3ccc(cc3Cl)[C@@H](O)[C@@H](N)C(=O)N[C@@H](CC(N)=O)C(=O)N[C@H]5C(=O)NC3C(=O)N[C@H](C(=O)N[C@H](C(=O)O)c5cccc(O)c5-c5cc3ccc5O)[C@H](O)c3ccc(c(Cl)c3)O4)OC(CO)C(O)C2O)CCC1O. The Labute approximate surface area is 513 Å². The van der Waals surface area contributed by atoms with Gasteiger partial charge >= 0.3 is 5.97 Å². The molecule has 7 aliphatic heterocycles. The van der Waals surface area contributed by atoms with Crippen LogP contribution in [0.4, 0.5) is 0 Å². The lowest BCUT2D eigenvalue weighted by molar-refractivity contribution is -0.329. The van der Waals surface area contributed by atoms with Gasteiger partial charge in [-0.3, -0.25) is 28.8 Å². The summed E-state index contributed by atoms with van der Waals surface area (Å²) in [5, 5.41) is 112. The van der Waals surface area contributed by atoms with Crippen LogP contribution >= 0.6 is 23.2 Å². The molecule has 0 aromatic heterocycles. The van der Waals surface area contributed by atoms with E-state index in [1.807, 2.05) is 0 Å². The second-order valence-corrected chi connectivity index (χ2v) is 22.4. The second kappa shape index (κ2) is 26.0. The summed E-state index contributed by atoms with van der Waals surface area (Å²) in [6.45, 7) is 0.650. The number of ether oxygens (including phenoxy) is 6. The number of fused-ring (bicyclic) bond motifs is 15. The number of aliphatic carboxylic acids is 1. The van der Waals surface area contributed by atoms with Gasteiger partial charge in [0.25, 0.3) is 0 Å². The monoisotopic (exact) mass is 1280 g/mol. The zero-order valence-corrected chi connectivity index (χ0v) is 47.9. The molecule has 6 amide bonds. The predicted octanol–water partition coefficient (Wildman–Crippen LogP) is 0.282. The Balaban J connectivity index is 1.23. The van der Waals surface area contributed by atoms with Crippen molar-refractivity contribution in [1.82, 2.24) is 26.6 Å². The Morgan fingerprint density at radius 2 is 1.28 bits per heavy atom. The number of phenols is 2. The highest BCUT2D eigenvalue weighted by Gasteiger charge is 2.49. The lowest BCUT2D eigenvalue weighted by Gasteiger charge is -2.44. The quantitative estimate of drug-likeness (QED) is 0.0992. The van der Waals surface area contributed by atoms with E-state index in [2.05, 4.69) is 26.6 Å². The number of benzene rings is 5. The van der Waals surface area contributed by atoms with Crippen molar-refractivity contribution < 1.29 is 108 Å². The molecule has 18 N–H and O–H groups in total. The van der Waals surface area contributed by atoms with E-state index in [-0.39, 0.29) is 67.8 Å². The fourth-order valence-electron chi connectivity index (χ4n) is 10.8. The highest BCUT2D eigenvalue weighted by molar-refractivity contribution is 6.32. The number of phenolic OH excluding ortho intramolecular Hbond substituents is 2. The molecule has 472 valence electrons. The van der Waals surface area contributed by atoms with Crippen molar-refractivity contribution in [2.75, 3.05) is 6.61 Å². The zero-order valence-electron chi connectivity index (χ0n) is 46.4. The van der Waals surface area contributed by atoms with Crippen LogP contribution in [0.2, 0.25) is 10.0 Å². The molecule has 0 aliphatic carbocycles. The molecule has 29 nitrogen and oxygen atoms in total. The Kier molecular flexibility index (Phi) is 18.5. The molecule has 9 unspecified atom stereocenters. The van der Waals surface area contributed by atoms with Crippen molar-refractivity contribution in [3.05, 3.63) is 123 Å². The van der Waals surface area contributed by atoms with Gasteiger partial charge in [0, 0.05) is 17.5 Å². The number of aliphatic hydroxyl groups is 6. The summed E-state index contributed by atoms with van der Waals surface area (Å²) < 4.78 is 37.8. The Morgan fingerprint density at radius 1 is 0.663 bits per heavy atom. The van der Waals surface area contributed by atoms with Gasteiger partial charge in [-0.25, -0.2) is 4.79 Å². The second-order valence-electron chi connectivity index (χ2n) is 21.6. The van der Waals surface area contributed by atoms with E-state index < -0.39 is 186 Å². The third-order valence-electron chi connectivity index (χ3n) is 15.6. The highest BCUT2D eigenvalue weighted by atomic mass is 35.5. The summed E-state index contributed by atoms with van der Waals surface area (Å²) >= 11 is 13.9. The van der Waals surface area contributed by atoms with E-state index in [1.165, 1.54) is 30.3 Å². The van der Waals surface area contributed by atoms with Crippen molar-refractivity contribution >= 4 is 64.6 Å². The van der Waals surface area contributed by atoms with Crippen LogP contribution in [0.3, 0.4) is 0 Å². The number of nitrogens with two attached hydrogens (primary N) is 2. The topological polar surface area (TPSA) is 469 Å². The standard InChI is InChI=1S/C58H59Cl2N7O22/c1-20-30(69)9-12-39(84-20)88-51-49(76)48(75)37(19-68)87-58(51)89-50-35-16-24-17-36(50)86-34-11-7-23(15-28(34)60)47(74)45-56(81)66-44(57(82)83)25-3-2-4-32(71)40(25)26-13-21(5-8-31(26)70)42(54(79)67-45)65-55(80)43(24)64-52(77)29(18-38(61)72)63-53(78)41(62)46(73)22-6-10-33(85-35)27(59)14-22/h2-8,10-11,13-17,20,29-30,37,39,41-49,51,58,68-71,73-76H,9,12,18-19,62H2,1H3,(H2,61,72)(H,63,78)(H,64,77)(H,65,80)(H,66,81)(H,67,79)(H,82,83)/t20?,29-,30?,37?,39?,41+,42?,43+,44-,45-,46+,47+,48?,49?,51?,58?/m0/s1. The Morgan fingerprint density at radius 3 is 1.90 bits per heavy atom. The maximum Gasteiger partial charge on any atom is 0.330 e. The van der Waals surface area contributed by atoms with Crippen molar-refractivity contribution in [2.24, 2.45) is 11.5 Å². The minimum atomic E-state index is -2.24. The van der Waals surface area contributed by atoms with Gasteiger partial charge in [-0.15, -0.1) is 0 Å². The van der Waals surface area contributed by atoms with Gasteiger partial charge in [-0.2, -0.15) is 0 Å². The van der Waals surface area contributed by atoms with Crippen LogP contribution in [0.1, 0.15) is 84.3 Å². The normalized spacial score (nSPS) is 29.8. The van der Waals surface area contributed by atoms with E-state index in [1.54, 1.807) is 6.92 Å². The smallest absolute Gasteiger partial charge is 0.330 e. The fourth-order valence-corrected chi connectivity index (χ4v) is 11.3. The molecule has 0 radical (unpaired) electrons. The molecule has 5 aromatic carbocycles. The Hall–Kier alpha value is -8.43. The lowest BCUT2D eigenvalue weighted by Crippen LogP contribution is -2.62. The number of hydrogen-bond acceptors (Lipinski definition) is 22. The molecule has 11 bridgehead atoms. The summed E-state index contributed by atoms with van der Waals surface area (Å²) in [5.74, 6) is -13.1. The fraction of sp³-hybridized carbons (Fsp3) is 0.362. The van der Waals surface area contributed by atoms with Crippen molar-refractivity contribution in [3.8, 4) is 51.4 Å². The number of hydrogen-bond donors (Lipinski definition) is 16. The molecule has 16 atom stereocenters. The van der Waals surface area contributed by atoms with Gasteiger partial charge in [0.2, 0.25) is 47.5 Å². The van der Waals surface area contributed by atoms with E-state index in [0.29, 0.717) is 0 Å². The number of carbonyl (C=O) groups is 7. The number of nitrogens with one attached hydrogen (secondary N) is 5. The molecule has 5 aromatic rings. The molecule has 12 rings (SSSR count). The first-order valence-electron chi connectivity index (χ1n) is 27.5. The average molecular weight is 1280 g/mol. The number of carboxylic acids is 1. The lowest BCUT2D eigenvalue weighted by atomic mass is 9.90. The summed E-state index contributed by atoms with van der Waals surface area (Å²) in [7, 11) is 0. The number of aromatic hydroxyl groups is 2. The van der Waals surface area contributed by atoms with Gasteiger partial charge in [-0.05, 0) is 95.8 Å². The van der Waals surface area contributed by atoms with Crippen LogP contribution in [-0.4, -0.2) is 161 Å².